The Morgan fingerprint density at radius 1 is 1.29 bits per heavy atom. The molecule has 4 nitrogen and oxygen atoms in total. The summed E-state index contributed by atoms with van der Waals surface area (Å²) in [6.07, 6.45) is 0. The van der Waals surface area contributed by atoms with Crippen molar-refractivity contribution in [2.24, 2.45) is 0 Å². The van der Waals surface area contributed by atoms with Crippen LogP contribution >= 0.6 is 22.9 Å². The smallest absolute Gasteiger partial charge is 0.343 e. The van der Waals surface area contributed by atoms with Crippen LogP contribution in [0.4, 0.5) is 5.69 Å². The first kappa shape index (κ1) is 15.7. The van der Waals surface area contributed by atoms with E-state index in [0.29, 0.717) is 5.75 Å². The zero-order chi connectivity index (χ0) is 15.2. The summed E-state index contributed by atoms with van der Waals surface area (Å²) in [5, 5.41) is 3.38. The lowest BCUT2D eigenvalue weighted by Gasteiger charge is -2.14. The normalized spacial score (nSPS) is 11.8. The van der Waals surface area contributed by atoms with Crippen molar-refractivity contribution in [1.82, 2.24) is 0 Å². The molecular formula is C15H16ClNO3S. The largest absolute Gasteiger partial charge is 0.482 e. The number of hydrogen-bond acceptors (Lipinski definition) is 5. The number of benzene rings is 1. The van der Waals surface area contributed by atoms with Gasteiger partial charge in [-0.3, -0.25) is 0 Å². The van der Waals surface area contributed by atoms with Gasteiger partial charge in [0.2, 0.25) is 0 Å². The quantitative estimate of drug-likeness (QED) is 0.811. The van der Waals surface area contributed by atoms with Gasteiger partial charge in [0, 0.05) is 10.6 Å². The van der Waals surface area contributed by atoms with E-state index in [1.807, 2.05) is 24.3 Å². The van der Waals surface area contributed by atoms with Crippen LogP contribution in [0.3, 0.4) is 0 Å². The summed E-state index contributed by atoms with van der Waals surface area (Å²) in [5.41, 5.74) is 0.970. The minimum atomic E-state index is -0.402. The number of carbonyl (C=O) groups excluding carboxylic acids is 1. The molecule has 0 fully saturated rings. The van der Waals surface area contributed by atoms with Crippen LogP contribution in [0, 0.1) is 0 Å². The molecule has 0 bridgehead atoms. The third kappa shape index (κ3) is 4.65. The molecule has 1 aromatic carbocycles. The van der Waals surface area contributed by atoms with Crippen molar-refractivity contribution in [3.05, 3.63) is 45.6 Å². The fourth-order valence-corrected chi connectivity index (χ4v) is 2.79. The Morgan fingerprint density at radius 2 is 2.00 bits per heavy atom. The molecule has 0 radical (unpaired) electrons. The van der Waals surface area contributed by atoms with Crippen LogP contribution in [0.5, 0.6) is 5.75 Å². The van der Waals surface area contributed by atoms with Gasteiger partial charge in [0.05, 0.1) is 17.5 Å². The van der Waals surface area contributed by atoms with E-state index in [9.17, 15) is 4.79 Å². The summed E-state index contributed by atoms with van der Waals surface area (Å²) >= 11 is 7.50. The van der Waals surface area contributed by atoms with Crippen LogP contribution in [-0.4, -0.2) is 19.7 Å². The molecule has 1 unspecified atom stereocenters. The van der Waals surface area contributed by atoms with Gasteiger partial charge in [0.1, 0.15) is 5.75 Å². The number of hydrogen-bond donors (Lipinski definition) is 1. The average molecular weight is 326 g/mol. The first-order valence-corrected chi connectivity index (χ1v) is 7.59. The van der Waals surface area contributed by atoms with Crippen LogP contribution < -0.4 is 10.1 Å². The lowest BCUT2D eigenvalue weighted by Crippen LogP contribution is -2.12. The van der Waals surface area contributed by atoms with Crippen LogP contribution in [-0.2, 0) is 9.53 Å². The summed E-state index contributed by atoms with van der Waals surface area (Å²) < 4.78 is 10.6. The highest BCUT2D eigenvalue weighted by Crippen LogP contribution is 2.29. The highest BCUT2D eigenvalue weighted by molar-refractivity contribution is 7.16. The van der Waals surface area contributed by atoms with Gasteiger partial charge in [0.25, 0.3) is 0 Å². The molecule has 1 aromatic heterocycles. The molecule has 112 valence electrons. The Kier molecular flexibility index (Phi) is 5.47. The van der Waals surface area contributed by atoms with E-state index in [4.69, 9.17) is 16.3 Å². The Labute approximate surface area is 132 Å². The van der Waals surface area contributed by atoms with Gasteiger partial charge in [-0.2, -0.15) is 0 Å². The molecule has 0 saturated heterocycles. The third-order valence-electron chi connectivity index (χ3n) is 2.84. The number of halogens is 1. The molecule has 0 aliphatic rings. The lowest BCUT2D eigenvalue weighted by atomic mass is 10.2. The second-order valence-electron chi connectivity index (χ2n) is 4.40. The molecule has 0 amide bonds. The summed E-state index contributed by atoms with van der Waals surface area (Å²) in [7, 11) is 1.33. The van der Waals surface area contributed by atoms with E-state index >= 15 is 0 Å². The van der Waals surface area contributed by atoms with E-state index in [0.717, 1.165) is 10.0 Å². The van der Waals surface area contributed by atoms with Crippen LogP contribution in [0.2, 0.25) is 4.34 Å². The Balaban J connectivity index is 1.91. The monoisotopic (exact) mass is 325 g/mol. The molecule has 6 heteroatoms. The van der Waals surface area contributed by atoms with Crippen molar-refractivity contribution in [2.45, 2.75) is 13.0 Å². The number of nitrogens with one attached hydrogen (secondary N) is 1. The van der Waals surface area contributed by atoms with Crippen molar-refractivity contribution in [2.75, 3.05) is 19.0 Å². The maximum absolute atomic E-state index is 11.0. The minimum Gasteiger partial charge on any atom is -0.482 e. The van der Waals surface area contributed by atoms with Gasteiger partial charge in [-0.05, 0) is 43.3 Å². The number of carbonyl (C=O) groups is 1. The van der Waals surface area contributed by atoms with E-state index in [1.54, 1.807) is 23.5 Å². The van der Waals surface area contributed by atoms with Crippen molar-refractivity contribution in [1.29, 1.82) is 0 Å². The zero-order valence-corrected chi connectivity index (χ0v) is 13.3. The highest BCUT2D eigenvalue weighted by atomic mass is 35.5. The second-order valence-corrected chi connectivity index (χ2v) is 6.14. The molecule has 2 aromatic rings. The molecule has 0 aliphatic heterocycles. The van der Waals surface area contributed by atoms with Crippen LogP contribution in [0.25, 0.3) is 0 Å². The van der Waals surface area contributed by atoms with E-state index in [1.165, 1.54) is 12.0 Å². The number of methoxy groups -OCH3 is 1. The number of thiophene rings is 1. The number of rotatable bonds is 6. The Hall–Kier alpha value is -1.72. The average Bonchev–Trinajstić information content (AvgIpc) is 2.93. The van der Waals surface area contributed by atoms with Crippen molar-refractivity contribution in [3.63, 3.8) is 0 Å². The zero-order valence-electron chi connectivity index (χ0n) is 11.8. The molecule has 0 aliphatic carbocycles. The van der Waals surface area contributed by atoms with Gasteiger partial charge in [0.15, 0.2) is 6.61 Å². The molecule has 0 saturated carbocycles. The Bertz CT molecular complexity index is 597. The van der Waals surface area contributed by atoms with Crippen molar-refractivity contribution in [3.8, 4) is 5.75 Å². The van der Waals surface area contributed by atoms with Crippen molar-refractivity contribution >= 4 is 34.6 Å². The topological polar surface area (TPSA) is 47.6 Å². The van der Waals surface area contributed by atoms with E-state index in [2.05, 4.69) is 17.0 Å². The predicted octanol–water partition coefficient (Wildman–Crippen LogP) is 4.13. The standard InChI is InChI=1S/C15H16ClNO3S/c1-10(13-7-8-14(16)21-13)17-11-3-5-12(6-4-11)20-9-15(18)19-2/h3-8,10,17H,9H2,1-2H3. The number of anilines is 1. The van der Waals surface area contributed by atoms with Crippen molar-refractivity contribution < 1.29 is 14.3 Å². The Morgan fingerprint density at radius 3 is 2.57 bits per heavy atom. The summed E-state index contributed by atoms with van der Waals surface area (Å²) in [6, 6.07) is 11.5. The molecule has 21 heavy (non-hydrogen) atoms. The third-order valence-corrected chi connectivity index (χ3v) is 4.26. The second kappa shape index (κ2) is 7.33. The van der Waals surface area contributed by atoms with Gasteiger partial charge >= 0.3 is 5.97 Å². The minimum absolute atomic E-state index is 0.0899. The van der Waals surface area contributed by atoms with E-state index < -0.39 is 5.97 Å². The van der Waals surface area contributed by atoms with E-state index in [-0.39, 0.29) is 12.6 Å². The summed E-state index contributed by atoms with van der Waals surface area (Å²) in [6.45, 7) is 1.98. The molecule has 1 atom stereocenters. The predicted molar refractivity (Wildman–Crippen MR) is 85.3 cm³/mol. The molecular weight excluding hydrogens is 310 g/mol. The van der Waals surface area contributed by atoms with Gasteiger partial charge < -0.3 is 14.8 Å². The number of ether oxygens (including phenoxy) is 2. The first-order chi connectivity index (χ1) is 10.1. The fraction of sp³-hybridized carbons (Fsp3) is 0.267. The SMILES string of the molecule is COC(=O)COc1ccc(NC(C)c2ccc(Cl)s2)cc1. The maximum atomic E-state index is 11.0. The van der Waals surface area contributed by atoms with Crippen LogP contribution in [0.1, 0.15) is 17.8 Å². The van der Waals surface area contributed by atoms with Crippen LogP contribution in [0.15, 0.2) is 36.4 Å². The highest BCUT2D eigenvalue weighted by Gasteiger charge is 2.08. The van der Waals surface area contributed by atoms with Gasteiger partial charge in [-0.1, -0.05) is 11.6 Å². The first-order valence-electron chi connectivity index (χ1n) is 6.40. The molecule has 2 rings (SSSR count). The fourth-order valence-electron chi connectivity index (χ4n) is 1.73. The van der Waals surface area contributed by atoms with Gasteiger partial charge in [-0.15, -0.1) is 11.3 Å². The summed E-state index contributed by atoms with van der Waals surface area (Å²) in [5.74, 6) is 0.221. The summed E-state index contributed by atoms with van der Waals surface area (Å²) in [4.78, 5) is 12.2. The molecule has 0 spiro atoms. The number of esters is 1. The van der Waals surface area contributed by atoms with Gasteiger partial charge in [-0.25, -0.2) is 4.79 Å². The molecule has 1 N–H and O–H groups in total. The molecule has 1 heterocycles. The lowest BCUT2D eigenvalue weighted by molar-refractivity contribution is -0.142. The maximum Gasteiger partial charge on any atom is 0.343 e.